The molecule has 1 atom stereocenters. The van der Waals surface area contributed by atoms with E-state index < -0.39 is 10.0 Å². The van der Waals surface area contributed by atoms with Crippen molar-refractivity contribution in [3.8, 4) is 0 Å². The van der Waals surface area contributed by atoms with E-state index in [1.54, 1.807) is 27.8 Å². The van der Waals surface area contributed by atoms with Crippen LogP contribution in [0.3, 0.4) is 0 Å². The normalized spacial score (nSPS) is 18.4. The number of hydrogen-bond acceptors (Lipinski definition) is 4. The molecular weight excluding hydrogens is 380 g/mol. The van der Waals surface area contributed by atoms with Gasteiger partial charge in [-0.2, -0.15) is 4.31 Å². The van der Waals surface area contributed by atoms with Gasteiger partial charge in [0.05, 0.1) is 11.4 Å². The molecule has 7 heteroatoms. The molecule has 1 aromatic carbocycles. The van der Waals surface area contributed by atoms with Crippen LogP contribution in [0, 0.1) is 13.8 Å². The summed E-state index contributed by atoms with van der Waals surface area (Å²) < 4.78 is 27.7. The number of nitrogens with zero attached hydrogens (tertiary/aromatic N) is 1. The fourth-order valence-electron chi connectivity index (χ4n) is 3.41. The number of hydrogen-bond donors (Lipinski definition) is 1. The van der Waals surface area contributed by atoms with Gasteiger partial charge in [-0.1, -0.05) is 12.5 Å². The number of nitrogens with one attached hydrogen (secondary N) is 1. The molecule has 5 nitrogen and oxygen atoms in total. The van der Waals surface area contributed by atoms with Crippen LogP contribution < -0.4 is 5.32 Å². The molecule has 1 aliphatic rings. The van der Waals surface area contributed by atoms with Crippen LogP contribution >= 0.6 is 11.3 Å². The predicted octanol–water partition coefficient (Wildman–Crippen LogP) is 3.86. The van der Waals surface area contributed by atoms with E-state index in [0.717, 1.165) is 35.3 Å². The first-order valence-corrected chi connectivity index (χ1v) is 11.6. The Hall–Kier alpha value is -1.70. The molecule has 1 aromatic heterocycles. The van der Waals surface area contributed by atoms with E-state index in [2.05, 4.69) is 5.32 Å². The summed E-state index contributed by atoms with van der Waals surface area (Å²) in [6.07, 6.45) is 2.80. The topological polar surface area (TPSA) is 66.5 Å². The zero-order chi connectivity index (χ0) is 19.6. The largest absolute Gasteiger partial charge is 0.347 e. The third-order valence-corrected chi connectivity index (χ3v) is 8.21. The highest BCUT2D eigenvalue weighted by molar-refractivity contribution is 7.89. The highest BCUT2D eigenvalue weighted by atomic mass is 32.2. The van der Waals surface area contributed by atoms with Gasteiger partial charge in [-0.3, -0.25) is 4.79 Å². The average molecular weight is 407 g/mol. The van der Waals surface area contributed by atoms with Gasteiger partial charge in [0.1, 0.15) is 0 Å². The van der Waals surface area contributed by atoms with Crippen LogP contribution in [0.5, 0.6) is 0 Å². The lowest BCUT2D eigenvalue weighted by Gasteiger charge is -2.32. The summed E-state index contributed by atoms with van der Waals surface area (Å²) in [6, 6.07) is 6.84. The fraction of sp³-hybridized carbons (Fsp3) is 0.450. The third-order valence-electron chi connectivity index (χ3n) is 5.18. The molecule has 2 heterocycles. The van der Waals surface area contributed by atoms with Crippen molar-refractivity contribution < 1.29 is 13.2 Å². The first-order chi connectivity index (χ1) is 12.8. The Balaban J connectivity index is 1.83. The molecule has 27 heavy (non-hydrogen) atoms. The van der Waals surface area contributed by atoms with Gasteiger partial charge in [0.2, 0.25) is 10.0 Å². The van der Waals surface area contributed by atoms with Gasteiger partial charge in [0.25, 0.3) is 5.91 Å². The van der Waals surface area contributed by atoms with E-state index in [-0.39, 0.29) is 16.8 Å². The van der Waals surface area contributed by atoms with E-state index in [0.29, 0.717) is 18.7 Å². The predicted molar refractivity (Wildman–Crippen MR) is 109 cm³/mol. The lowest BCUT2D eigenvalue weighted by Crippen LogP contribution is -2.42. The van der Waals surface area contributed by atoms with Crippen molar-refractivity contribution in [2.24, 2.45) is 0 Å². The van der Waals surface area contributed by atoms with Crippen molar-refractivity contribution in [1.29, 1.82) is 0 Å². The van der Waals surface area contributed by atoms with Crippen LogP contribution in [0.25, 0.3) is 0 Å². The van der Waals surface area contributed by atoms with Crippen molar-refractivity contribution in [2.75, 3.05) is 6.54 Å². The standard InChI is InChI=1S/C20H26N2O3S2/c1-14-7-8-17(27(24,25)22-10-5-4-6-16(22)3)12-18(14)20(23)21-13-19-15(2)9-11-26-19/h7-9,11-12,16H,4-6,10,13H2,1-3H3,(H,21,23). The maximum Gasteiger partial charge on any atom is 0.251 e. The molecule has 2 aromatic rings. The molecule has 1 unspecified atom stereocenters. The first-order valence-electron chi connectivity index (χ1n) is 9.24. The number of rotatable bonds is 5. The van der Waals surface area contributed by atoms with Crippen molar-refractivity contribution in [1.82, 2.24) is 9.62 Å². The molecule has 0 bridgehead atoms. The van der Waals surface area contributed by atoms with Crippen LogP contribution in [0.4, 0.5) is 0 Å². The zero-order valence-corrected chi connectivity index (χ0v) is 17.6. The number of carbonyl (C=O) groups excluding carboxylic acids is 1. The van der Waals surface area contributed by atoms with Crippen LogP contribution in [0.1, 0.15) is 52.5 Å². The maximum absolute atomic E-state index is 13.1. The number of carbonyl (C=O) groups is 1. The van der Waals surface area contributed by atoms with E-state index in [4.69, 9.17) is 0 Å². The molecule has 0 aliphatic carbocycles. The Morgan fingerprint density at radius 1 is 1.22 bits per heavy atom. The minimum atomic E-state index is -3.59. The number of thiophene rings is 1. The SMILES string of the molecule is Cc1ccc(S(=O)(=O)N2CCCCC2C)cc1C(=O)NCc1sccc1C. The molecule has 0 radical (unpaired) electrons. The van der Waals surface area contributed by atoms with Gasteiger partial charge in [0, 0.05) is 23.0 Å². The lowest BCUT2D eigenvalue weighted by atomic mass is 10.1. The van der Waals surface area contributed by atoms with Crippen molar-refractivity contribution in [3.63, 3.8) is 0 Å². The quantitative estimate of drug-likeness (QED) is 0.820. The second-order valence-corrected chi connectivity index (χ2v) is 10.0. The van der Waals surface area contributed by atoms with Crippen LogP contribution in [0.15, 0.2) is 34.5 Å². The van der Waals surface area contributed by atoms with Crippen LogP contribution in [-0.4, -0.2) is 31.2 Å². The van der Waals surface area contributed by atoms with E-state index in [1.807, 2.05) is 32.2 Å². The summed E-state index contributed by atoms with van der Waals surface area (Å²) >= 11 is 1.60. The molecule has 0 saturated carbocycles. The van der Waals surface area contributed by atoms with E-state index in [1.165, 1.54) is 6.07 Å². The average Bonchev–Trinajstić information content (AvgIpc) is 3.05. The Kier molecular flexibility index (Phi) is 6.03. The minimum Gasteiger partial charge on any atom is -0.347 e. The molecular formula is C20H26N2O3S2. The summed E-state index contributed by atoms with van der Waals surface area (Å²) in [7, 11) is -3.59. The second-order valence-electron chi connectivity index (χ2n) is 7.15. The van der Waals surface area contributed by atoms with E-state index >= 15 is 0 Å². The van der Waals surface area contributed by atoms with Gasteiger partial charge in [-0.25, -0.2) is 8.42 Å². The van der Waals surface area contributed by atoms with Crippen molar-refractivity contribution >= 4 is 27.3 Å². The number of piperidine rings is 1. The number of amides is 1. The van der Waals surface area contributed by atoms with Gasteiger partial charge < -0.3 is 5.32 Å². The molecule has 1 aliphatic heterocycles. The molecule has 1 N–H and O–H groups in total. The van der Waals surface area contributed by atoms with E-state index in [9.17, 15) is 13.2 Å². The lowest BCUT2D eigenvalue weighted by molar-refractivity contribution is 0.0950. The number of benzene rings is 1. The van der Waals surface area contributed by atoms with Crippen LogP contribution in [-0.2, 0) is 16.6 Å². The first kappa shape index (κ1) is 20.0. The fourth-order valence-corrected chi connectivity index (χ4v) is 5.98. The monoisotopic (exact) mass is 406 g/mol. The van der Waals surface area contributed by atoms with Crippen LogP contribution in [0.2, 0.25) is 0 Å². The Bertz CT molecular complexity index is 934. The van der Waals surface area contributed by atoms with Gasteiger partial charge in [-0.05, 0) is 68.3 Å². The highest BCUT2D eigenvalue weighted by Gasteiger charge is 2.31. The third kappa shape index (κ3) is 4.25. The van der Waals surface area contributed by atoms with Gasteiger partial charge in [-0.15, -0.1) is 11.3 Å². The van der Waals surface area contributed by atoms with Gasteiger partial charge in [0.15, 0.2) is 0 Å². The van der Waals surface area contributed by atoms with Gasteiger partial charge >= 0.3 is 0 Å². The molecule has 3 rings (SSSR count). The number of aryl methyl sites for hydroxylation is 2. The summed E-state index contributed by atoms with van der Waals surface area (Å²) in [6.45, 7) is 6.77. The second kappa shape index (κ2) is 8.12. The summed E-state index contributed by atoms with van der Waals surface area (Å²) in [5.41, 5.74) is 2.32. The Morgan fingerprint density at radius 2 is 2.00 bits per heavy atom. The highest BCUT2D eigenvalue weighted by Crippen LogP contribution is 2.26. The molecule has 1 saturated heterocycles. The van der Waals surface area contributed by atoms with Crippen molar-refractivity contribution in [2.45, 2.75) is 57.5 Å². The summed E-state index contributed by atoms with van der Waals surface area (Å²) in [5, 5.41) is 4.91. The molecule has 1 amide bonds. The molecule has 1 fully saturated rings. The molecule has 146 valence electrons. The smallest absolute Gasteiger partial charge is 0.251 e. The summed E-state index contributed by atoms with van der Waals surface area (Å²) in [4.78, 5) is 14.0. The zero-order valence-electron chi connectivity index (χ0n) is 16.0. The summed E-state index contributed by atoms with van der Waals surface area (Å²) in [5.74, 6) is -0.246. The Labute approximate surface area is 165 Å². The maximum atomic E-state index is 13.1. The number of sulfonamides is 1. The van der Waals surface area contributed by atoms with Crippen molar-refractivity contribution in [3.05, 3.63) is 51.2 Å². The molecule has 0 spiro atoms. The minimum absolute atomic E-state index is 0.0101. The Morgan fingerprint density at radius 3 is 2.67 bits per heavy atom.